The molecule has 6 rings (SSSR count). The molecule has 1 aromatic heterocycles. The normalized spacial score (nSPS) is 16.4. The van der Waals surface area contributed by atoms with Gasteiger partial charge in [0.15, 0.2) is 0 Å². The monoisotopic (exact) mass is 758 g/mol. The van der Waals surface area contributed by atoms with E-state index in [0.29, 0.717) is 24.3 Å². The van der Waals surface area contributed by atoms with Gasteiger partial charge >= 0.3 is 6.18 Å². The number of benzene rings is 3. The maximum Gasteiger partial charge on any atom is 0.419 e. The number of aryl methyl sites for hydroxylation is 1. The van der Waals surface area contributed by atoms with Crippen LogP contribution in [0.4, 0.5) is 47.4 Å². The van der Waals surface area contributed by atoms with E-state index in [1.54, 1.807) is 12.1 Å². The van der Waals surface area contributed by atoms with E-state index >= 15 is 0 Å². The summed E-state index contributed by atoms with van der Waals surface area (Å²) in [5.41, 5.74) is 3.58. The number of ether oxygens (including phenoxy) is 1. The molecule has 15 heteroatoms. The van der Waals surface area contributed by atoms with Gasteiger partial charge in [-0.1, -0.05) is 24.3 Å². The Balaban J connectivity index is 1.16. The summed E-state index contributed by atoms with van der Waals surface area (Å²) in [5.74, 6) is -0.316. The molecule has 4 aromatic rings. The van der Waals surface area contributed by atoms with Crippen molar-refractivity contribution in [1.82, 2.24) is 20.5 Å². The number of alkyl halides is 3. The highest BCUT2D eigenvalue weighted by Gasteiger charge is 2.35. The number of pyridine rings is 1. The van der Waals surface area contributed by atoms with Crippen LogP contribution in [0.25, 0.3) is 0 Å². The Bertz CT molecular complexity index is 2050. The summed E-state index contributed by atoms with van der Waals surface area (Å²) >= 11 is 0. The van der Waals surface area contributed by atoms with Gasteiger partial charge in [-0.05, 0) is 68.7 Å². The summed E-state index contributed by atoms with van der Waals surface area (Å²) in [6.07, 6.45) is -3.36. The van der Waals surface area contributed by atoms with Crippen molar-refractivity contribution >= 4 is 52.0 Å². The SMILES string of the molecule is CNC(=O)c1ccccc1Nc1cc(Nc2cc(C)c(N3CCN(Cc4cccc(NC5CCC(=O)NC5=O)c4)CC3)cc2OC(C)C)ncc1C(F)(F)F. The Morgan fingerprint density at radius 2 is 1.73 bits per heavy atom. The van der Waals surface area contributed by atoms with E-state index in [1.165, 1.54) is 25.2 Å². The predicted octanol–water partition coefficient (Wildman–Crippen LogP) is 6.58. The molecular weight excluding hydrogens is 713 g/mol. The molecule has 3 aromatic carbocycles. The molecule has 0 bridgehead atoms. The molecule has 1 atom stereocenters. The number of carbonyl (C=O) groups excluding carboxylic acids is 3. The van der Waals surface area contributed by atoms with Crippen LogP contribution >= 0.6 is 0 Å². The van der Waals surface area contributed by atoms with Crippen LogP contribution in [-0.2, 0) is 22.3 Å². The minimum Gasteiger partial charge on any atom is -0.489 e. The number of aromatic nitrogens is 1. The topological polar surface area (TPSA) is 140 Å². The lowest BCUT2D eigenvalue weighted by Crippen LogP contribution is -2.47. The van der Waals surface area contributed by atoms with Crippen LogP contribution < -0.4 is 36.2 Å². The maximum atomic E-state index is 14.1. The third-order valence-electron chi connectivity index (χ3n) is 9.43. The van der Waals surface area contributed by atoms with Crippen molar-refractivity contribution in [1.29, 1.82) is 0 Å². The Morgan fingerprint density at radius 1 is 0.964 bits per heavy atom. The number of anilines is 6. The summed E-state index contributed by atoms with van der Waals surface area (Å²) in [5, 5.41) is 14.1. The lowest BCUT2D eigenvalue weighted by molar-refractivity contribution is -0.137. The molecule has 2 fully saturated rings. The van der Waals surface area contributed by atoms with Crippen LogP contribution in [0, 0.1) is 6.92 Å². The van der Waals surface area contributed by atoms with Crippen LogP contribution in [0.3, 0.4) is 0 Å². The molecule has 3 amide bonds. The van der Waals surface area contributed by atoms with Gasteiger partial charge in [0, 0.05) is 75.9 Å². The van der Waals surface area contributed by atoms with Crippen LogP contribution in [-0.4, -0.2) is 73.0 Å². The fourth-order valence-electron chi connectivity index (χ4n) is 6.73. The van der Waals surface area contributed by atoms with E-state index in [4.69, 9.17) is 4.74 Å². The average molecular weight is 759 g/mol. The number of piperazine rings is 1. The molecule has 2 saturated heterocycles. The van der Waals surface area contributed by atoms with Crippen LogP contribution in [0.1, 0.15) is 53.7 Å². The van der Waals surface area contributed by atoms with Crippen molar-refractivity contribution in [3.63, 3.8) is 0 Å². The number of hydrogen-bond donors (Lipinski definition) is 5. The molecule has 12 nitrogen and oxygen atoms in total. The number of piperidine rings is 1. The second-order valence-corrected chi connectivity index (χ2v) is 13.9. The zero-order valence-electron chi connectivity index (χ0n) is 31.1. The average Bonchev–Trinajstić information content (AvgIpc) is 3.14. The molecule has 5 N–H and O–H groups in total. The number of para-hydroxylation sites is 1. The van der Waals surface area contributed by atoms with E-state index < -0.39 is 23.7 Å². The van der Waals surface area contributed by atoms with Crippen molar-refractivity contribution in [2.24, 2.45) is 0 Å². The molecule has 290 valence electrons. The van der Waals surface area contributed by atoms with Gasteiger partial charge in [0.25, 0.3) is 5.91 Å². The fourth-order valence-corrected chi connectivity index (χ4v) is 6.73. The zero-order chi connectivity index (χ0) is 39.3. The third-order valence-corrected chi connectivity index (χ3v) is 9.43. The van der Waals surface area contributed by atoms with E-state index in [-0.39, 0.29) is 40.7 Å². The van der Waals surface area contributed by atoms with Crippen molar-refractivity contribution in [2.75, 3.05) is 54.1 Å². The highest BCUT2D eigenvalue weighted by molar-refractivity contribution is 6.01. The molecule has 0 saturated carbocycles. The van der Waals surface area contributed by atoms with Gasteiger partial charge in [0.2, 0.25) is 11.8 Å². The molecule has 2 aliphatic heterocycles. The van der Waals surface area contributed by atoms with E-state index in [1.807, 2.05) is 51.1 Å². The van der Waals surface area contributed by atoms with E-state index in [0.717, 1.165) is 61.4 Å². The van der Waals surface area contributed by atoms with Gasteiger partial charge in [-0.25, -0.2) is 4.98 Å². The minimum absolute atomic E-state index is 0.152. The number of hydrogen-bond acceptors (Lipinski definition) is 10. The smallest absolute Gasteiger partial charge is 0.419 e. The first kappa shape index (κ1) is 38.9. The van der Waals surface area contributed by atoms with Gasteiger partial charge in [-0.2, -0.15) is 13.2 Å². The molecule has 2 aliphatic rings. The van der Waals surface area contributed by atoms with Crippen molar-refractivity contribution in [3.8, 4) is 5.75 Å². The van der Waals surface area contributed by atoms with Gasteiger partial charge < -0.3 is 30.9 Å². The highest BCUT2D eigenvalue weighted by Crippen LogP contribution is 2.40. The summed E-state index contributed by atoms with van der Waals surface area (Å²) in [6, 6.07) is 19.0. The third kappa shape index (κ3) is 9.65. The number of carbonyl (C=O) groups is 3. The molecule has 55 heavy (non-hydrogen) atoms. The first-order chi connectivity index (χ1) is 26.3. The van der Waals surface area contributed by atoms with Gasteiger partial charge in [0.05, 0.1) is 34.3 Å². The first-order valence-electron chi connectivity index (χ1n) is 18.2. The van der Waals surface area contributed by atoms with Gasteiger partial charge in [-0.15, -0.1) is 0 Å². The molecule has 0 radical (unpaired) electrons. The molecule has 0 spiro atoms. The summed E-state index contributed by atoms with van der Waals surface area (Å²) < 4.78 is 48.6. The highest BCUT2D eigenvalue weighted by atomic mass is 19.4. The van der Waals surface area contributed by atoms with Crippen molar-refractivity contribution in [2.45, 2.75) is 58.5 Å². The summed E-state index contributed by atoms with van der Waals surface area (Å²) in [4.78, 5) is 45.0. The van der Waals surface area contributed by atoms with E-state index in [9.17, 15) is 27.6 Å². The summed E-state index contributed by atoms with van der Waals surface area (Å²) in [6.45, 7) is 9.65. The van der Waals surface area contributed by atoms with Crippen LogP contribution in [0.5, 0.6) is 5.75 Å². The lowest BCUT2D eigenvalue weighted by Gasteiger charge is -2.37. The molecule has 3 heterocycles. The lowest BCUT2D eigenvalue weighted by atomic mass is 10.1. The Morgan fingerprint density at radius 3 is 2.44 bits per heavy atom. The standard InChI is InChI=1S/C40H45F3N8O4/c1-24(2)55-35-21-34(51-16-14-50(15-17-51)23-26-8-7-9-27(19-26)46-31-12-13-37(52)49-39(31)54)25(3)18-33(35)48-36-20-32(29(22-45-36)40(41,42)43)47-30-11-6-5-10-28(30)38(53)44-4/h5-11,18-22,24,31,46H,12-17,23H2,1-4H3,(H,44,53)(H2,45,47,48)(H,49,52,54). The maximum absolute atomic E-state index is 14.1. The van der Waals surface area contributed by atoms with Crippen LogP contribution in [0.2, 0.25) is 0 Å². The zero-order valence-corrected chi connectivity index (χ0v) is 31.1. The number of rotatable bonds is 12. The van der Waals surface area contributed by atoms with Crippen molar-refractivity contribution < 1.29 is 32.3 Å². The quantitative estimate of drug-likeness (QED) is 0.101. The Hall–Kier alpha value is -5.83. The number of nitrogens with zero attached hydrogens (tertiary/aromatic N) is 3. The number of amides is 3. The molecular formula is C40H45F3N8O4. The van der Waals surface area contributed by atoms with Crippen molar-refractivity contribution in [3.05, 3.63) is 95.2 Å². The van der Waals surface area contributed by atoms with E-state index in [2.05, 4.69) is 47.4 Å². The molecule has 1 unspecified atom stereocenters. The molecule has 0 aliphatic carbocycles. The van der Waals surface area contributed by atoms with Crippen LogP contribution in [0.15, 0.2) is 72.9 Å². The Kier molecular flexibility index (Phi) is 11.8. The minimum atomic E-state index is -4.71. The Labute approximate surface area is 317 Å². The number of halogens is 3. The first-order valence-corrected chi connectivity index (χ1v) is 18.2. The predicted molar refractivity (Wildman–Crippen MR) is 206 cm³/mol. The number of imide groups is 1. The van der Waals surface area contributed by atoms with Gasteiger partial charge in [-0.3, -0.25) is 24.6 Å². The second kappa shape index (κ2) is 16.7. The number of nitrogens with one attached hydrogen (secondary N) is 5. The second-order valence-electron chi connectivity index (χ2n) is 13.9. The largest absolute Gasteiger partial charge is 0.489 e. The van der Waals surface area contributed by atoms with Gasteiger partial charge in [0.1, 0.15) is 17.6 Å². The fraction of sp³-hybridized carbons (Fsp3) is 0.350. The summed E-state index contributed by atoms with van der Waals surface area (Å²) in [7, 11) is 1.45.